The number of nitrogens with one attached hydrogen (secondary N) is 1. The molecule has 1 heterocycles. The first-order valence-corrected chi connectivity index (χ1v) is 7.51. The largest absolute Gasteiger partial charge is 0.494 e. The molecule has 0 amide bonds. The zero-order chi connectivity index (χ0) is 13.7. The van der Waals surface area contributed by atoms with Crippen LogP contribution in [0.2, 0.25) is 0 Å². The molecule has 0 aliphatic carbocycles. The van der Waals surface area contributed by atoms with Crippen molar-refractivity contribution < 1.29 is 4.74 Å². The first kappa shape index (κ1) is 14.2. The van der Waals surface area contributed by atoms with E-state index >= 15 is 0 Å². The first-order valence-electron chi connectivity index (χ1n) is 7.51. The van der Waals surface area contributed by atoms with E-state index in [-0.39, 0.29) is 0 Å². The van der Waals surface area contributed by atoms with Gasteiger partial charge in [0.1, 0.15) is 5.75 Å². The number of anilines is 1. The summed E-state index contributed by atoms with van der Waals surface area (Å²) in [5, 5.41) is 3.64. The van der Waals surface area contributed by atoms with Crippen molar-refractivity contribution in [2.75, 3.05) is 24.6 Å². The van der Waals surface area contributed by atoms with Gasteiger partial charge in [-0.25, -0.2) is 0 Å². The minimum absolute atomic E-state index is 0.583. The molecule has 0 radical (unpaired) electrons. The molecular weight excluding hydrogens is 236 g/mol. The fourth-order valence-electron chi connectivity index (χ4n) is 2.74. The predicted molar refractivity (Wildman–Crippen MR) is 81.1 cm³/mol. The fourth-order valence-corrected chi connectivity index (χ4v) is 2.74. The fraction of sp³-hybridized carbons (Fsp3) is 0.625. The summed E-state index contributed by atoms with van der Waals surface area (Å²) in [6.45, 7) is 9.43. The van der Waals surface area contributed by atoms with Crippen LogP contribution in [0.5, 0.6) is 5.75 Å². The van der Waals surface area contributed by atoms with Gasteiger partial charge in [-0.15, -0.1) is 0 Å². The predicted octanol–water partition coefficient (Wildman–Crippen LogP) is 3.05. The third kappa shape index (κ3) is 3.41. The highest BCUT2D eigenvalue weighted by molar-refractivity contribution is 5.52. The summed E-state index contributed by atoms with van der Waals surface area (Å²) in [5.41, 5.74) is 1.29. The van der Waals surface area contributed by atoms with Crippen LogP contribution in [0.3, 0.4) is 0 Å². The maximum Gasteiger partial charge on any atom is 0.121 e. The topological polar surface area (TPSA) is 24.5 Å². The third-order valence-corrected chi connectivity index (χ3v) is 3.92. The summed E-state index contributed by atoms with van der Waals surface area (Å²) in [6.07, 6.45) is 2.35. The van der Waals surface area contributed by atoms with E-state index in [1.807, 2.05) is 13.0 Å². The smallest absolute Gasteiger partial charge is 0.121 e. The van der Waals surface area contributed by atoms with E-state index in [1.165, 1.54) is 18.5 Å². The number of hydrogen-bond acceptors (Lipinski definition) is 3. The highest BCUT2D eigenvalue weighted by Crippen LogP contribution is 2.26. The molecule has 106 valence electrons. The van der Waals surface area contributed by atoms with Crippen LogP contribution in [0.15, 0.2) is 24.3 Å². The van der Waals surface area contributed by atoms with Crippen LogP contribution in [0.25, 0.3) is 0 Å². The lowest BCUT2D eigenvalue weighted by Gasteiger charge is -2.41. The van der Waals surface area contributed by atoms with Crippen LogP contribution in [0, 0.1) is 0 Å². The molecule has 0 aromatic heterocycles. The summed E-state index contributed by atoms with van der Waals surface area (Å²) in [4.78, 5) is 2.53. The van der Waals surface area contributed by atoms with Crippen LogP contribution in [0.1, 0.15) is 33.6 Å². The molecule has 1 aromatic carbocycles. The van der Waals surface area contributed by atoms with Gasteiger partial charge < -0.3 is 15.0 Å². The average Bonchev–Trinajstić information content (AvgIpc) is 2.47. The van der Waals surface area contributed by atoms with Crippen LogP contribution in [-0.4, -0.2) is 31.8 Å². The Labute approximate surface area is 116 Å². The molecule has 19 heavy (non-hydrogen) atoms. The molecule has 2 unspecified atom stereocenters. The average molecular weight is 262 g/mol. The quantitative estimate of drug-likeness (QED) is 0.882. The molecule has 0 spiro atoms. The number of rotatable bonds is 5. The summed E-state index contributed by atoms with van der Waals surface area (Å²) in [7, 11) is 0. The molecule has 1 aliphatic rings. The van der Waals surface area contributed by atoms with Crippen LogP contribution < -0.4 is 15.0 Å². The van der Waals surface area contributed by atoms with E-state index in [9.17, 15) is 0 Å². The van der Waals surface area contributed by atoms with Gasteiger partial charge in [-0.1, -0.05) is 19.9 Å². The molecule has 3 heteroatoms. The second kappa shape index (κ2) is 6.80. The molecule has 1 N–H and O–H groups in total. The Balaban J connectivity index is 2.18. The van der Waals surface area contributed by atoms with Crippen LogP contribution >= 0.6 is 0 Å². The maximum atomic E-state index is 5.62. The number of hydrogen-bond donors (Lipinski definition) is 1. The molecule has 3 nitrogen and oxygen atoms in total. The molecule has 0 bridgehead atoms. The number of piperazine rings is 1. The Bertz CT molecular complexity index is 394. The molecule has 1 fully saturated rings. The molecule has 1 aromatic rings. The Morgan fingerprint density at radius 1 is 1.26 bits per heavy atom. The Hall–Kier alpha value is -1.22. The van der Waals surface area contributed by atoms with E-state index in [0.29, 0.717) is 12.1 Å². The van der Waals surface area contributed by atoms with Gasteiger partial charge in [0.15, 0.2) is 0 Å². The minimum atomic E-state index is 0.583. The van der Waals surface area contributed by atoms with Crippen molar-refractivity contribution in [1.29, 1.82) is 0 Å². The van der Waals surface area contributed by atoms with Crippen LogP contribution in [-0.2, 0) is 0 Å². The third-order valence-electron chi connectivity index (χ3n) is 3.92. The highest BCUT2D eigenvalue weighted by Gasteiger charge is 2.26. The first-order chi connectivity index (χ1) is 9.28. The van der Waals surface area contributed by atoms with Gasteiger partial charge in [0.2, 0.25) is 0 Å². The van der Waals surface area contributed by atoms with Crippen molar-refractivity contribution in [3.8, 4) is 5.75 Å². The minimum Gasteiger partial charge on any atom is -0.494 e. The monoisotopic (exact) mass is 262 g/mol. The molecule has 2 rings (SSSR count). The SMILES string of the molecule is CCOc1cccc(N2CC(CC)NCC2CC)c1. The molecule has 1 saturated heterocycles. The number of ether oxygens (including phenoxy) is 1. The molecule has 1 aliphatic heterocycles. The van der Waals surface area contributed by atoms with Gasteiger partial charge in [-0.05, 0) is 31.9 Å². The van der Waals surface area contributed by atoms with E-state index < -0.39 is 0 Å². The summed E-state index contributed by atoms with van der Waals surface area (Å²) in [6, 6.07) is 9.68. The Morgan fingerprint density at radius 3 is 2.79 bits per heavy atom. The van der Waals surface area contributed by atoms with Crippen molar-refractivity contribution >= 4 is 5.69 Å². The van der Waals surface area contributed by atoms with Gasteiger partial charge in [0.05, 0.1) is 6.61 Å². The van der Waals surface area contributed by atoms with E-state index in [2.05, 4.69) is 42.3 Å². The second-order valence-corrected chi connectivity index (χ2v) is 5.16. The second-order valence-electron chi connectivity index (χ2n) is 5.16. The summed E-state index contributed by atoms with van der Waals surface area (Å²) >= 11 is 0. The van der Waals surface area contributed by atoms with Gasteiger partial charge in [-0.2, -0.15) is 0 Å². The molecule has 0 saturated carbocycles. The van der Waals surface area contributed by atoms with Crippen molar-refractivity contribution in [1.82, 2.24) is 5.32 Å². The van der Waals surface area contributed by atoms with Crippen molar-refractivity contribution in [2.45, 2.75) is 45.7 Å². The van der Waals surface area contributed by atoms with Gasteiger partial charge in [-0.3, -0.25) is 0 Å². The molecular formula is C16H26N2O. The maximum absolute atomic E-state index is 5.62. The van der Waals surface area contributed by atoms with Gasteiger partial charge in [0.25, 0.3) is 0 Å². The van der Waals surface area contributed by atoms with E-state index in [1.54, 1.807) is 0 Å². The van der Waals surface area contributed by atoms with Gasteiger partial charge in [0, 0.05) is 36.9 Å². The number of nitrogens with zero attached hydrogens (tertiary/aromatic N) is 1. The van der Waals surface area contributed by atoms with Crippen molar-refractivity contribution in [2.24, 2.45) is 0 Å². The lowest BCUT2D eigenvalue weighted by atomic mass is 10.0. The van der Waals surface area contributed by atoms with Crippen molar-refractivity contribution in [3.63, 3.8) is 0 Å². The lowest BCUT2D eigenvalue weighted by Crippen LogP contribution is -2.56. The standard InChI is InChI=1S/C16H26N2O/c1-4-13-12-18(14(5-2)11-17-13)15-8-7-9-16(10-15)19-6-3/h7-10,13-14,17H,4-6,11-12H2,1-3H3. The Kier molecular flexibility index (Phi) is 5.08. The summed E-state index contributed by atoms with van der Waals surface area (Å²) in [5.74, 6) is 0.974. The Morgan fingerprint density at radius 2 is 2.11 bits per heavy atom. The van der Waals surface area contributed by atoms with Crippen LogP contribution in [0.4, 0.5) is 5.69 Å². The highest BCUT2D eigenvalue weighted by atomic mass is 16.5. The van der Waals surface area contributed by atoms with Gasteiger partial charge >= 0.3 is 0 Å². The molecule has 2 atom stereocenters. The van der Waals surface area contributed by atoms with E-state index in [4.69, 9.17) is 4.74 Å². The summed E-state index contributed by atoms with van der Waals surface area (Å²) < 4.78 is 5.62. The lowest BCUT2D eigenvalue weighted by molar-refractivity contribution is 0.339. The van der Waals surface area contributed by atoms with Crippen molar-refractivity contribution in [3.05, 3.63) is 24.3 Å². The normalized spacial score (nSPS) is 23.4. The zero-order valence-corrected chi connectivity index (χ0v) is 12.4. The zero-order valence-electron chi connectivity index (χ0n) is 12.4. The van der Waals surface area contributed by atoms with E-state index in [0.717, 1.165) is 25.4 Å². The number of benzene rings is 1.